The lowest BCUT2D eigenvalue weighted by Gasteiger charge is -2.15. The molecule has 0 bridgehead atoms. The number of pyridine rings is 2. The highest BCUT2D eigenvalue weighted by Gasteiger charge is 2.41. The zero-order valence-electron chi connectivity index (χ0n) is 30.5. The van der Waals surface area contributed by atoms with Gasteiger partial charge in [-0.2, -0.15) is 47.0 Å². The molecule has 14 nitrogen and oxygen atoms in total. The SMILES string of the molecule is C.C.Cn1cc(-c2ccc3nnc(C(F)(F)c4ccc5nc(I)ccc5c4)n3n2)cn1.[2H]c1ccc2cc(C(F)(F)c3nnc4ccc(-c5cnn(C)c5)nn34)ccc2n1. The summed E-state index contributed by atoms with van der Waals surface area (Å²) in [6.07, 6.45) is 6.80. The summed E-state index contributed by atoms with van der Waals surface area (Å²) in [4.78, 5) is 8.37. The monoisotopic (exact) mass is 913 g/mol. The zero-order chi connectivity index (χ0) is 40.3. The fourth-order valence-corrected chi connectivity index (χ4v) is 6.60. The number of hydrogen-bond acceptors (Lipinski definition) is 10. The molecule has 2 aromatic carbocycles. The number of aryl methyl sites for hydroxylation is 2. The molecule has 0 aliphatic carbocycles. The Morgan fingerprint density at radius 2 is 1.12 bits per heavy atom. The Bertz CT molecular complexity index is 2970. The molecule has 0 fully saturated rings. The second-order valence-electron chi connectivity index (χ2n) is 12.9. The van der Waals surface area contributed by atoms with Gasteiger partial charge in [-0.25, -0.2) is 4.98 Å². The Balaban J connectivity index is 0.000000176. The third-order valence-corrected chi connectivity index (χ3v) is 9.62. The Kier molecular flexibility index (Phi) is 10.3. The van der Waals surface area contributed by atoms with Crippen LogP contribution in [0.4, 0.5) is 17.6 Å². The van der Waals surface area contributed by atoms with Gasteiger partial charge in [-0.3, -0.25) is 14.3 Å². The second-order valence-corrected chi connectivity index (χ2v) is 14.0. The quantitative estimate of drug-likeness (QED) is 0.0907. The van der Waals surface area contributed by atoms with Gasteiger partial charge in [0.15, 0.2) is 11.3 Å². The molecule has 0 saturated carbocycles. The van der Waals surface area contributed by atoms with E-state index in [2.05, 4.69) is 73.3 Å². The van der Waals surface area contributed by atoms with Crippen LogP contribution in [0.5, 0.6) is 0 Å². The highest BCUT2D eigenvalue weighted by Crippen LogP contribution is 2.37. The van der Waals surface area contributed by atoms with Gasteiger partial charge in [0.1, 0.15) is 3.70 Å². The Labute approximate surface area is 348 Å². The first kappa shape index (κ1) is 39.1. The first-order chi connectivity index (χ1) is 27.8. The molecule has 0 spiro atoms. The minimum absolute atomic E-state index is 0. The van der Waals surface area contributed by atoms with E-state index in [0.29, 0.717) is 44.3 Å². The number of fused-ring (bicyclic) bond motifs is 4. The summed E-state index contributed by atoms with van der Waals surface area (Å²) >= 11 is 2.08. The van der Waals surface area contributed by atoms with Crippen molar-refractivity contribution < 1.29 is 18.9 Å². The summed E-state index contributed by atoms with van der Waals surface area (Å²) in [5.74, 6) is -7.95. The lowest BCUT2D eigenvalue weighted by atomic mass is 10.0. The number of nitrogens with zero attached hydrogens (tertiary/aromatic N) is 14. The van der Waals surface area contributed by atoms with Gasteiger partial charge in [0.2, 0.25) is 11.6 Å². The number of rotatable bonds is 6. The molecule has 0 N–H and O–H groups in total. The maximum absolute atomic E-state index is 15.4. The molecule has 0 saturated heterocycles. The maximum atomic E-state index is 15.4. The van der Waals surface area contributed by atoms with Crippen LogP contribution >= 0.6 is 22.6 Å². The number of hydrogen-bond donors (Lipinski definition) is 0. The van der Waals surface area contributed by atoms with Crippen LogP contribution in [0.1, 0.15) is 39.0 Å². The summed E-state index contributed by atoms with van der Waals surface area (Å²) in [7, 11) is 3.54. The fourth-order valence-electron chi connectivity index (χ4n) is 6.16. The summed E-state index contributed by atoms with van der Waals surface area (Å²) in [5, 5.41) is 33.1. The van der Waals surface area contributed by atoms with Gasteiger partial charge in [0, 0.05) is 65.7 Å². The van der Waals surface area contributed by atoms with E-state index in [9.17, 15) is 0 Å². The molecule has 298 valence electrons. The van der Waals surface area contributed by atoms with Gasteiger partial charge in [0.25, 0.3) is 0 Å². The van der Waals surface area contributed by atoms with E-state index in [1.807, 2.05) is 0 Å². The molecular weight excluding hydrogens is 879 g/mol. The van der Waals surface area contributed by atoms with Gasteiger partial charge in [-0.1, -0.05) is 39.1 Å². The molecular formula is C40H33F4IN14. The normalized spacial score (nSPS) is 11.9. The maximum Gasteiger partial charge on any atom is 0.333 e. The van der Waals surface area contributed by atoms with Crippen molar-refractivity contribution in [1.29, 1.82) is 0 Å². The molecule has 0 radical (unpaired) electrons. The Hall–Kier alpha value is -6.77. The third-order valence-electron chi connectivity index (χ3n) is 9.02. The van der Waals surface area contributed by atoms with E-state index >= 15 is 17.6 Å². The van der Waals surface area contributed by atoms with Crippen LogP contribution < -0.4 is 0 Å². The van der Waals surface area contributed by atoms with Crippen molar-refractivity contribution >= 4 is 55.7 Å². The first-order valence-corrected chi connectivity index (χ1v) is 18.1. The van der Waals surface area contributed by atoms with E-state index in [0.717, 1.165) is 12.7 Å². The topological polar surface area (TPSA) is 148 Å². The number of benzene rings is 2. The lowest BCUT2D eigenvalue weighted by molar-refractivity contribution is 0.0303. The molecule has 0 unspecified atom stereocenters. The zero-order valence-corrected chi connectivity index (χ0v) is 31.7. The van der Waals surface area contributed by atoms with Gasteiger partial charge in [0.05, 0.1) is 36.2 Å². The van der Waals surface area contributed by atoms with E-state index < -0.39 is 23.5 Å². The predicted molar refractivity (Wildman–Crippen MR) is 222 cm³/mol. The van der Waals surface area contributed by atoms with Crippen LogP contribution in [0.3, 0.4) is 0 Å². The molecule has 10 aromatic rings. The average molecular weight is 914 g/mol. The Morgan fingerprint density at radius 1 is 0.610 bits per heavy atom. The lowest BCUT2D eigenvalue weighted by Crippen LogP contribution is -2.20. The van der Waals surface area contributed by atoms with Crippen molar-refractivity contribution in [2.24, 2.45) is 14.1 Å². The van der Waals surface area contributed by atoms with Crippen LogP contribution in [0, 0.1) is 3.70 Å². The molecule has 0 atom stereocenters. The summed E-state index contributed by atoms with van der Waals surface area (Å²) in [6.45, 7) is 0. The van der Waals surface area contributed by atoms with E-state index in [1.54, 1.807) is 96.8 Å². The van der Waals surface area contributed by atoms with Crippen molar-refractivity contribution in [3.8, 4) is 22.5 Å². The van der Waals surface area contributed by atoms with E-state index in [-0.39, 0.29) is 43.4 Å². The Morgan fingerprint density at radius 3 is 1.63 bits per heavy atom. The molecule has 59 heavy (non-hydrogen) atoms. The van der Waals surface area contributed by atoms with Crippen molar-refractivity contribution in [3.05, 3.63) is 142 Å². The molecule has 0 aliphatic rings. The molecule has 0 aliphatic heterocycles. The number of aromatic nitrogens is 14. The summed E-state index contributed by atoms with van der Waals surface area (Å²) < 4.78 is 75.2. The molecule has 0 amide bonds. The van der Waals surface area contributed by atoms with Crippen molar-refractivity contribution in [2.75, 3.05) is 0 Å². The highest BCUT2D eigenvalue weighted by molar-refractivity contribution is 14.1. The van der Waals surface area contributed by atoms with E-state index in [4.69, 9.17) is 1.37 Å². The number of halogens is 5. The smallest absolute Gasteiger partial charge is 0.275 e. The molecule has 19 heteroatoms. The van der Waals surface area contributed by atoms with Gasteiger partial charge in [-0.05, 0) is 83.3 Å². The third kappa shape index (κ3) is 7.43. The van der Waals surface area contributed by atoms with Crippen LogP contribution in [-0.4, -0.2) is 69.2 Å². The van der Waals surface area contributed by atoms with E-state index in [1.165, 1.54) is 36.4 Å². The van der Waals surface area contributed by atoms with Crippen LogP contribution in [-0.2, 0) is 25.9 Å². The number of alkyl halides is 4. The van der Waals surface area contributed by atoms with Crippen LogP contribution in [0.2, 0.25) is 0 Å². The summed E-state index contributed by atoms with van der Waals surface area (Å²) in [6, 6.07) is 21.6. The second kappa shape index (κ2) is 15.5. The fraction of sp³-hybridized carbons (Fsp3) is 0.150. The van der Waals surface area contributed by atoms with Crippen molar-refractivity contribution in [2.45, 2.75) is 26.7 Å². The van der Waals surface area contributed by atoms with Crippen LogP contribution in [0.15, 0.2) is 116 Å². The minimum atomic E-state index is -3.44. The predicted octanol–water partition coefficient (Wildman–Crippen LogP) is 8.30. The first-order valence-electron chi connectivity index (χ1n) is 17.5. The van der Waals surface area contributed by atoms with Crippen molar-refractivity contribution in [3.63, 3.8) is 0 Å². The average Bonchev–Trinajstić information content (AvgIpc) is 4.04. The molecule has 10 rings (SSSR count). The van der Waals surface area contributed by atoms with Gasteiger partial charge >= 0.3 is 11.8 Å². The van der Waals surface area contributed by atoms with Crippen molar-refractivity contribution in [1.82, 2.24) is 69.2 Å². The summed E-state index contributed by atoms with van der Waals surface area (Å²) in [5.41, 5.74) is 3.51. The van der Waals surface area contributed by atoms with Gasteiger partial charge in [-0.15, -0.1) is 20.4 Å². The van der Waals surface area contributed by atoms with Crippen LogP contribution in [0.25, 0.3) is 55.6 Å². The molecule has 8 aromatic heterocycles. The molecule has 8 heterocycles. The standard InChI is InChI=1S/C19H12F2IN7.C19H13F2N7.2CH4/c1-28-10-12(9-23-28)15-5-7-17-25-26-18(29(17)27-15)19(20,21)13-3-4-14-11(8-13)2-6-16(22)24-14;1-27-11-13(10-23-27)16-6-7-17-24-25-18(28(17)26-16)19(20,21)14-4-5-15-12(9-14)3-2-8-22-15;;/h2-10H,1H3;2-11H,1H3;2*1H4/i;8D;;. The highest BCUT2D eigenvalue weighted by atomic mass is 127. The minimum Gasteiger partial charge on any atom is -0.275 e. The van der Waals surface area contributed by atoms with Gasteiger partial charge < -0.3 is 0 Å². The largest absolute Gasteiger partial charge is 0.333 e.